The Bertz CT molecular complexity index is 987. The molecule has 1 heterocycles. The first-order valence-electron chi connectivity index (χ1n) is 9.59. The third kappa shape index (κ3) is 5.06. The zero-order valence-corrected chi connectivity index (χ0v) is 18.5. The first kappa shape index (κ1) is 22.4. The van der Waals surface area contributed by atoms with Gasteiger partial charge in [-0.15, -0.1) is 0 Å². The number of hydrogen-bond donors (Lipinski definition) is 1. The lowest BCUT2D eigenvalue weighted by atomic mass is 9.97. The average molecular weight is 453 g/mol. The normalized spacial score (nSPS) is 15.6. The molecule has 1 aliphatic heterocycles. The molecule has 2 aromatic rings. The molecular weight excluding hydrogens is 428 g/mol. The fourth-order valence-corrected chi connectivity index (χ4v) is 5.19. The molecule has 0 atom stereocenters. The molecule has 0 bridgehead atoms. The number of carbonyl (C=O) groups excluding carboxylic acids is 1. The van der Waals surface area contributed by atoms with Gasteiger partial charge in [-0.3, -0.25) is 4.79 Å². The summed E-state index contributed by atoms with van der Waals surface area (Å²) in [5, 5.41) is 3.56. The fourth-order valence-electron chi connectivity index (χ4n) is 3.42. The number of amides is 1. The zero-order chi connectivity index (χ0) is 21.7. The number of nitrogens with zero attached hydrogens (tertiary/aromatic N) is 1. The van der Waals surface area contributed by atoms with Crippen molar-refractivity contribution in [1.29, 1.82) is 0 Å². The van der Waals surface area contributed by atoms with Crippen LogP contribution in [0.15, 0.2) is 47.4 Å². The Morgan fingerprint density at radius 1 is 1.10 bits per heavy atom. The molecule has 0 spiro atoms. The van der Waals surface area contributed by atoms with Gasteiger partial charge in [0.25, 0.3) is 0 Å². The Kier molecular flexibility index (Phi) is 7.23. The minimum Gasteiger partial charge on any atom is -0.497 e. The Hall–Kier alpha value is -2.29. The summed E-state index contributed by atoms with van der Waals surface area (Å²) < 4.78 is 38.0. The first-order chi connectivity index (χ1) is 14.3. The van der Waals surface area contributed by atoms with Gasteiger partial charge in [-0.1, -0.05) is 23.7 Å². The van der Waals surface area contributed by atoms with Crippen molar-refractivity contribution in [2.75, 3.05) is 27.3 Å². The zero-order valence-electron chi connectivity index (χ0n) is 16.9. The Morgan fingerprint density at radius 3 is 2.37 bits per heavy atom. The molecule has 1 aliphatic rings. The van der Waals surface area contributed by atoms with E-state index in [1.807, 2.05) is 12.1 Å². The van der Waals surface area contributed by atoms with Crippen LogP contribution in [-0.2, 0) is 21.4 Å². The van der Waals surface area contributed by atoms with Gasteiger partial charge in [-0.25, -0.2) is 8.42 Å². The van der Waals surface area contributed by atoms with E-state index >= 15 is 0 Å². The van der Waals surface area contributed by atoms with Gasteiger partial charge in [0.05, 0.1) is 14.2 Å². The smallest absolute Gasteiger partial charge is 0.246 e. The monoisotopic (exact) mass is 452 g/mol. The maximum absolute atomic E-state index is 13.1. The lowest BCUT2D eigenvalue weighted by Crippen LogP contribution is -2.42. The molecule has 1 saturated heterocycles. The van der Waals surface area contributed by atoms with Crippen LogP contribution in [0.5, 0.6) is 11.5 Å². The van der Waals surface area contributed by atoms with Gasteiger partial charge in [0, 0.05) is 36.6 Å². The SMILES string of the molecule is COc1ccc(OC)c(S(=O)(=O)N2CCC(C(=O)NCc3ccc(Cl)cc3)CC2)c1. The van der Waals surface area contributed by atoms with Crippen molar-refractivity contribution in [3.63, 3.8) is 0 Å². The van der Waals surface area contributed by atoms with E-state index in [0.717, 1.165) is 5.56 Å². The van der Waals surface area contributed by atoms with E-state index in [4.69, 9.17) is 21.1 Å². The van der Waals surface area contributed by atoms with Gasteiger partial charge in [-0.2, -0.15) is 4.31 Å². The lowest BCUT2D eigenvalue weighted by Gasteiger charge is -2.31. The number of methoxy groups -OCH3 is 2. The van der Waals surface area contributed by atoms with E-state index in [-0.39, 0.29) is 35.6 Å². The van der Waals surface area contributed by atoms with Gasteiger partial charge in [0.1, 0.15) is 16.4 Å². The van der Waals surface area contributed by atoms with E-state index in [2.05, 4.69) is 5.32 Å². The van der Waals surface area contributed by atoms with Gasteiger partial charge < -0.3 is 14.8 Å². The number of halogens is 1. The van der Waals surface area contributed by atoms with Crippen molar-refractivity contribution >= 4 is 27.5 Å². The van der Waals surface area contributed by atoms with Crippen LogP contribution in [0.3, 0.4) is 0 Å². The molecule has 30 heavy (non-hydrogen) atoms. The van der Waals surface area contributed by atoms with Gasteiger partial charge in [0.15, 0.2) is 0 Å². The molecular formula is C21H25ClN2O5S. The highest BCUT2D eigenvalue weighted by molar-refractivity contribution is 7.89. The van der Waals surface area contributed by atoms with Crippen LogP contribution in [-0.4, -0.2) is 45.9 Å². The van der Waals surface area contributed by atoms with E-state index < -0.39 is 10.0 Å². The molecule has 1 N–H and O–H groups in total. The van der Waals surface area contributed by atoms with E-state index in [1.165, 1.54) is 24.6 Å². The third-order valence-electron chi connectivity index (χ3n) is 5.19. The summed E-state index contributed by atoms with van der Waals surface area (Å²) in [4.78, 5) is 12.6. The molecule has 1 fully saturated rings. The van der Waals surface area contributed by atoms with Gasteiger partial charge in [-0.05, 0) is 42.7 Å². The maximum Gasteiger partial charge on any atom is 0.246 e. The van der Waals surface area contributed by atoms with E-state index in [0.29, 0.717) is 30.2 Å². The predicted molar refractivity (Wildman–Crippen MR) is 114 cm³/mol. The summed E-state index contributed by atoms with van der Waals surface area (Å²) in [6, 6.07) is 12.0. The van der Waals surface area contributed by atoms with Crippen LogP contribution < -0.4 is 14.8 Å². The number of sulfonamides is 1. The maximum atomic E-state index is 13.1. The summed E-state index contributed by atoms with van der Waals surface area (Å²) in [5.74, 6) is 0.404. The Labute approximate surface area is 182 Å². The van der Waals surface area contributed by atoms with Crippen molar-refractivity contribution < 1.29 is 22.7 Å². The second-order valence-electron chi connectivity index (χ2n) is 7.04. The minimum absolute atomic E-state index is 0.0648. The molecule has 0 aliphatic carbocycles. The molecule has 0 unspecified atom stereocenters. The van der Waals surface area contributed by atoms with Crippen LogP contribution in [0.2, 0.25) is 5.02 Å². The number of ether oxygens (including phenoxy) is 2. The van der Waals surface area contributed by atoms with Gasteiger partial charge in [0.2, 0.25) is 15.9 Å². The summed E-state index contributed by atoms with van der Waals surface area (Å²) in [7, 11) is -0.855. The highest BCUT2D eigenvalue weighted by atomic mass is 35.5. The van der Waals surface area contributed by atoms with E-state index in [1.54, 1.807) is 24.3 Å². The number of rotatable bonds is 7. The van der Waals surface area contributed by atoms with Crippen LogP contribution in [0, 0.1) is 5.92 Å². The average Bonchev–Trinajstić information content (AvgIpc) is 2.78. The predicted octanol–water partition coefficient (Wildman–Crippen LogP) is 3.07. The molecule has 0 aromatic heterocycles. The summed E-state index contributed by atoms with van der Waals surface area (Å²) >= 11 is 5.87. The van der Waals surface area contributed by atoms with Crippen LogP contribution in [0.25, 0.3) is 0 Å². The molecule has 0 radical (unpaired) electrons. The quantitative estimate of drug-likeness (QED) is 0.697. The summed E-state index contributed by atoms with van der Waals surface area (Å²) in [5.41, 5.74) is 0.956. The standard InChI is InChI=1S/C21H25ClN2O5S/c1-28-18-7-8-19(29-2)20(13-18)30(26,27)24-11-9-16(10-12-24)21(25)23-14-15-3-5-17(22)6-4-15/h3-8,13,16H,9-12,14H2,1-2H3,(H,23,25). The molecule has 3 rings (SSSR count). The Balaban J connectivity index is 1.61. The molecule has 9 heteroatoms. The first-order valence-corrected chi connectivity index (χ1v) is 11.4. The lowest BCUT2D eigenvalue weighted by molar-refractivity contribution is -0.126. The highest BCUT2D eigenvalue weighted by Crippen LogP contribution is 2.32. The molecule has 2 aromatic carbocycles. The van der Waals surface area contributed by atoms with Crippen LogP contribution in [0.4, 0.5) is 0 Å². The van der Waals surface area contributed by atoms with Crippen LogP contribution in [0.1, 0.15) is 18.4 Å². The van der Waals surface area contributed by atoms with Gasteiger partial charge >= 0.3 is 0 Å². The largest absolute Gasteiger partial charge is 0.497 e. The van der Waals surface area contributed by atoms with E-state index in [9.17, 15) is 13.2 Å². The molecule has 0 saturated carbocycles. The second-order valence-corrected chi connectivity index (χ2v) is 9.38. The topological polar surface area (TPSA) is 84.9 Å². The van der Waals surface area contributed by atoms with Crippen molar-refractivity contribution in [2.45, 2.75) is 24.3 Å². The number of benzene rings is 2. The molecule has 7 nitrogen and oxygen atoms in total. The summed E-state index contributed by atoms with van der Waals surface area (Å²) in [6.45, 7) is 0.943. The highest BCUT2D eigenvalue weighted by Gasteiger charge is 2.34. The number of piperidine rings is 1. The van der Waals surface area contributed by atoms with Crippen LogP contribution >= 0.6 is 11.6 Å². The second kappa shape index (κ2) is 9.68. The van der Waals surface area contributed by atoms with Crippen molar-refractivity contribution in [3.05, 3.63) is 53.1 Å². The van der Waals surface area contributed by atoms with Crippen molar-refractivity contribution in [3.8, 4) is 11.5 Å². The number of hydrogen-bond acceptors (Lipinski definition) is 5. The third-order valence-corrected chi connectivity index (χ3v) is 7.37. The molecule has 162 valence electrons. The Morgan fingerprint density at radius 2 is 1.77 bits per heavy atom. The van der Waals surface area contributed by atoms with Crippen molar-refractivity contribution in [1.82, 2.24) is 9.62 Å². The van der Waals surface area contributed by atoms with Crippen molar-refractivity contribution in [2.24, 2.45) is 5.92 Å². The minimum atomic E-state index is -3.76. The fraction of sp³-hybridized carbons (Fsp3) is 0.381. The summed E-state index contributed by atoms with van der Waals surface area (Å²) in [6.07, 6.45) is 0.913. The number of nitrogens with one attached hydrogen (secondary N) is 1. The molecule has 1 amide bonds. The number of carbonyl (C=O) groups is 1.